The van der Waals surface area contributed by atoms with Crippen LogP contribution in [0, 0.1) is 6.92 Å². The number of nitrogens with zero attached hydrogens (tertiary/aromatic N) is 3. The van der Waals surface area contributed by atoms with E-state index >= 15 is 0 Å². The van der Waals surface area contributed by atoms with Crippen LogP contribution in [0.5, 0.6) is 0 Å². The highest BCUT2D eigenvalue weighted by Gasteiger charge is 2.27. The van der Waals surface area contributed by atoms with Crippen molar-refractivity contribution in [3.8, 4) is 22.3 Å². The van der Waals surface area contributed by atoms with Crippen LogP contribution in [0.3, 0.4) is 0 Å². The molecule has 1 unspecified atom stereocenters. The lowest BCUT2D eigenvalue weighted by atomic mass is 9.91. The number of carbonyl (C=O) groups is 2. The number of rotatable bonds is 6. The van der Waals surface area contributed by atoms with E-state index in [9.17, 15) is 14.4 Å². The summed E-state index contributed by atoms with van der Waals surface area (Å²) in [5, 5.41) is 1.13. The molecule has 0 saturated heterocycles. The molecule has 3 aromatic heterocycles. The molecule has 8 heteroatoms. The zero-order chi connectivity index (χ0) is 28.0. The molecule has 40 heavy (non-hydrogen) atoms. The minimum Gasteiger partial charge on any atom is -0.298 e. The van der Waals surface area contributed by atoms with Gasteiger partial charge in [0.05, 0.1) is 21.3 Å². The predicted octanol–water partition coefficient (Wildman–Crippen LogP) is 6.94. The largest absolute Gasteiger partial charge is 0.298 e. The Labute approximate surface area is 240 Å². The second-order valence-corrected chi connectivity index (χ2v) is 10.8. The van der Waals surface area contributed by atoms with E-state index in [2.05, 4.69) is 28.2 Å². The van der Waals surface area contributed by atoms with Crippen LogP contribution in [-0.2, 0) is 12.8 Å². The molecular weight excluding hydrogens is 545 g/mol. The number of benzene rings is 2. The molecule has 2 aromatic carbocycles. The summed E-state index contributed by atoms with van der Waals surface area (Å²) in [6.07, 6.45) is 6.75. The number of fused-ring (bicyclic) bond motifs is 2. The van der Waals surface area contributed by atoms with Gasteiger partial charge in [-0.05, 0) is 72.6 Å². The van der Waals surface area contributed by atoms with E-state index in [0.717, 1.165) is 47.1 Å². The summed E-state index contributed by atoms with van der Waals surface area (Å²) in [4.78, 5) is 43.8. The maximum atomic E-state index is 12.5. The molecule has 6 nitrogen and oxygen atoms in total. The zero-order valence-electron chi connectivity index (χ0n) is 21.5. The third-order valence-corrected chi connectivity index (χ3v) is 8.44. The van der Waals surface area contributed by atoms with Crippen molar-refractivity contribution in [1.29, 1.82) is 0 Å². The highest BCUT2D eigenvalue weighted by Crippen LogP contribution is 2.44. The fourth-order valence-electron chi connectivity index (χ4n) is 5.65. The van der Waals surface area contributed by atoms with E-state index in [1.165, 1.54) is 21.7 Å². The highest BCUT2D eigenvalue weighted by molar-refractivity contribution is 6.36. The van der Waals surface area contributed by atoms with Crippen LogP contribution in [0.1, 0.15) is 55.6 Å². The Balaban J connectivity index is 1.37. The summed E-state index contributed by atoms with van der Waals surface area (Å²) in [5.74, 6) is 0.254. The van der Waals surface area contributed by atoms with E-state index in [-0.39, 0.29) is 11.5 Å². The molecule has 3 heterocycles. The van der Waals surface area contributed by atoms with Crippen molar-refractivity contribution in [2.24, 2.45) is 0 Å². The summed E-state index contributed by atoms with van der Waals surface area (Å²) in [5.41, 5.74) is 8.21. The molecule has 0 radical (unpaired) electrons. The molecule has 0 fully saturated rings. The zero-order valence-corrected chi connectivity index (χ0v) is 23.0. The Hall–Kier alpha value is -4.13. The minimum atomic E-state index is -0.410. The van der Waals surface area contributed by atoms with Gasteiger partial charge in [0.1, 0.15) is 5.65 Å². The lowest BCUT2D eigenvalue weighted by molar-refractivity contribution is 0.111. The number of halogens is 2. The van der Waals surface area contributed by atoms with Gasteiger partial charge in [0, 0.05) is 34.8 Å². The van der Waals surface area contributed by atoms with Crippen molar-refractivity contribution in [1.82, 2.24) is 14.4 Å². The van der Waals surface area contributed by atoms with Gasteiger partial charge in [-0.15, -0.1) is 0 Å². The first kappa shape index (κ1) is 26.1. The first-order valence-corrected chi connectivity index (χ1v) is 13.6. The number of aldehydes is 2. The van der Waals surface area contributed by atoms with Crippen LogP contribution in [0.2, 0.25) is 10.0 Å². The van der Waals surface area contributed by atoms with Gasteiger partial charge in [-0.3, -0.25) is 23.8 Å². The molecule has 0 amide bonds. The fourth-order valence-corrected chi connectivity index (χ4v) is 6.22. The molecule has 0 bridgehead atoms. The standard InChI is InChI=1S/C32H23Cl2N3O3/c1-18-21(16-38)12-28(33)29(36-18)13-19-8-9-26-23(19)4-2-6-25(26)27-7-3-5-24(31(27)34)20-10-11-37-30(14-20)35-15-22(17-39)32(37)40/h2-7,10-12,14-17,19H,8-9,13H2,1H3. The van der Waals surface area contributed by atoms with E-state index < -0.39 is 5.56 Å². The van der Waals surface area contributed by atoms with E-state index in [1.54, 1.807) is 24.4 Å². The van der Waals surface area contributed by atoms with Gasteiger partial charge < -0.3 is 0 Å². The number of hydrogen-bond acceptors (Lipinski definition) is 5. The summed E-state index contributed by atoms with van der Waals surface area (Å²) < 4.78 is 1.35. The number of hydrogen-bond donors (Lipinski definition) is 0. The molecule has 0 aliphatic heterocycles. The third-order valence-electron chi connectivity index (χ3n) is 7.70. The third kappa shape index (κ3) is 4.43. The molecule has 6 rings (SSSR count). The summed E-state index contributed by atoms with van der Waals surface area (Å²) in [6, 6.07) is 17.6. The maximum absolute atomic E-state index is 12.5. The Morgan fingerprint density at radius 1 is 0.975 bits per heavy atom. The van der Waals surface area contributed by atoms with Crippen molar-refractivity contribution >= 4 is 41.4 Å². The molecule has 0 saturated carbocycles. The smallest absolute Gasteiger partial charge is 0.268 e. The summed E-state index contributed by atoms with van der Waals surface area (Å²) in [7, 11) is 0. The van der Waals surface area contributed by atoms with Crippen LogP contribution >= 0.6 is 23.2 Å². The van der Waals surface area contributed by atoms with E-state index in [4.69, 9.17) is 23.2 Å². The first-order chi connectivity index (χ1) is 19.4. The lowest BCUT2D eigenvalue weighted by Crippen LogP contribution is -2.18. The number of aryl methyl sites for hydroxylation is 1. The topological polar surface area (TPSA) is 81.4 Å². The molecule has 1 aliphatic carbocycles. The average molecular weight is 568 g/mol. The van der Waals surface area contributed by atoms with Crippen molar-refractivity contribution < 1.29 is 9.59 Å². The SMILES string of the molecule is Cc1nc(CC2CCc3c(-c4cccc(-c5ccn6c(=O)c(C=O)cnc6c5)c4Cl)cccc32)c(Cl)cc1C=O. The van der Waals surface area contributed by atoms with Crippen molar-refractivity contribution in [3.05, 3.63) is 121 Å². The van der Waals surface area contributed by atoms with Gasteiger partial charge in [-0.1, -0.05) is 59.6 Å². The Bertz CT molecular complexity index is 1900. The van der Waals surface area contributed by atoms with Gasteiger partial charge >= 0.3 is 0 Å². The number of aromatic nitrogens is 3. The second kappa shape index (κ2) is 10.5. The second-order valence-electron chi connectivity index (χ2n) is 9.97. The maximum Gasteiger partial charge on any atom is 0.268 e. The fraction of sp³-hybridized carbons (Fsp3) is 0.156. The molecule has 0 spiro atoms. The molecule has 0 N–H and O–H groups in total. The van der Waals surface area contributed by atoms with Crippen LogP contribution in [0.4, 0.5) is 0 Å². The lowest BCUT2D eigenvalue weighted by Gasteiger charge is -2.16. The van der Waals surface area contributed by atoms with Crippen LogP contribution < -0.4 is 5.56 Å². The molecular formula is C32H23Cl2N3O3. The predicted molar refractivity (Wildman–Crippen MR) is 157 cm³/mol. The van der Waals surface area contributed by atoms with Crippen molar-refractivity contribution in [2.75, 3.05) is 0 Å². The monoisotopic (exact) mass is 567 g/mol. The van der Waals surface area contributed by atoms with Gasteiger partial charge in [-0.2, -0.15) is 0 Å². The van der Waals surface area contributed by atoms with E-state index in [1.807, 2.05) is 25.1 Å². The quantitative estimate of drug-likeness (QED) is 0.208. The van der Waals surface area contributed by atoms with E-state index in [0.29, 0.717) is 39.7 Å². The van der Waals surface area contributed by atoms with Crippen LogP contribution in [-0.4, -0.2) is 26.9 Å². The average Bonchev–Trinajstić information content (AvgIpc) is 3.38. The van der Waals surface area contributed by atoms with Crippen LogP contribution in [0.25, 0.3) is 27.9 Å². The minimum absolute atomic E-state index is 0.00711. The van der Waals surface area contributed by atoms with Crippen LogP contribution in [0.15, 0.2) is 71.8 Å². The van der Waals surface area contributed by atoms with Crippen molar-refractivity contribution in [2.45, 2.75) is 32.1 Å². The number of carbonyl (C=O) groups excluding carboxylic acids is 2. The Kier molecular flexibility index (Phi) is 6.82. The van der Waals surface area contributed by atoms with Gasteiger partial charge in [0.25, 0.3) is 5.56 Å². The Morgan fingerprint density at radius 3 is 2.52 bits per heavy atom. The normalized spacial score (nSPS) is 14.3. The molecule has 198 valence electrons. The molecule has 1 atom stereocenters. The van der Waals surface area contributed by atoms with Gasteiger partial charge in [0.15, 0.2) is 12.6 Å². The summed E-state index contributed by atoms with van der Waals surface area (Å²) >= 11 is 13.5. The Morgan fingerprint density at radius 2 is 1.73 bits per heavy atom. The molecule has 5 aromatic rings. The van der Waals surface area contributed by atoms with Crippen molar-refractivity contribution in [3.63, 3.8) is 0 Å². The first-order valence-electron chi connectivity index (χ1n) is 12.9. The highest BCUT2D eigenvalue weighted by atomic mass is 35.5. The van der Waals surface area contributed by atoms with Gasteiger partial charge in [0.2, 0.25) is 0 Å². The summed E-state index contributed by atoms with van der Waals surface area (Å²) in [6.45, 7) is 1.82. The molecule has 1 aliphatic rings. The number of pyridine rings is 2. The van der Waals surface area contributed by atoms with Gasteiger partial charge in [-0.25, -0.2) is 4.98 Å².